The summed E-state index contributed by atoms with van der Waals surface area (Å²) in [6.07, 6.45) is 0. The average molecular weight is 325 g/mol. The number of carbonyl (C=O) groups is 2. The number of carbonyl (C=O) groups excluding carboxylic acids is 2. The van der Waals surface area contributed by atoms with Gasteiger partial charge in [-0.15, -0.1) is 0 Å². The van der Waals surface area contributed by atoms with Gasteiger partial charge in [0.25, 0.3) is 5.91 Å². The van der Waals surface area contributed by atoms with E-state index in [1.165, 1.54) is 0 Å². The lowest BCUT2D eigenvalue weighted by molar-refractivity contribution is -0.124. The van der Waals surface area contributed by atoms with Crippen molar-refractivity contribution in [1.82, 2.24) is 10.6 Å². The van der Waals surface area contributed by atoms with E-state index >= 15 is 0 Å². The van der Waals surface area contributed by atoms with Gasteiger partial charge >= 0.3 is 0 Å². The minimum Gasteiger partial charge on any atom is -0.352 e. The van der Waals surface area contributed by atoms with Crippen LogP contribution in [0, 0.1) is 11.8 Å². The Bertz CT molecular complexity index is 512. The van der Waals surface area contributed by atoms with Crippen molar-refractivity contribution in [2.45, 2.75) is 46.7 Å². The molecule has 2 amide bonds. The first-order chi connectivity index (χ1) is 10.2. The van der Waals surface area contributed by atoms with Crippen molar-refractivity contribution in [2.75, 3.05) is 0 Å². The third-order valence-electron chi connectivity index (χ3n) is 3.71. The molecular formula is C17H25ClN2O2. The first-order valence-electron chi connectivity index (χ1n) is 7.59. The van der Waals surface area contributed by atoms with E-state index in [0.717, 1.165) is 0 Å². The van der Waals surface area contributed by atoms with Gasteiger partial charge in [-0.2, -0.15) is 0 Å². The van der Waals surface area contributed by atoms with E-state index in [-0.39, 0.29) is 23.8 Å². The van der Waals surface area contributed by atoms with Crippen LogP contribution in [0.4, 0.5) is 0 Å². The topological polar surface area (TPSA) is 58.2 Å². The van der Waals surface area contributed by atoms with Gasteiger partial charge in [0.1, 0.15) is 6.04 Å². The van der Waals surface area contributed by atoms with Crippen molar-refractivity contribution in [3.05, 3.63) is 34.9 Å². The maximum atomic E-state index is 12.4. The fourth-order valence-corrected chi connectivity index (χ4v) is 1.97. The van der Waals surface area contributed by atoms with Gasteiger partial charge in [-0.05, 0) is 43.0 Å². The Labute approximate surface area is 137 Å². The van der Waals surface area contributed by atoms with Crippen LogP contribution in [0.2, 0.25) is 5.02 Å². The zero-order chi connectivity index (χ0) is 16.9. The Balaban J connectivity index is 2.77. The van der Waals surface area contributed by atoms with Crippen molar-refractivity contribution in [2.24, 2.45) is 11.8 Å². The molecule has 4 nitrogen and oxygen atoms in total. The Kier molecular flexibility index (Phi) is 6.88. The van der Waals surface area contributed by atoms with Crippen LogP contribution >= 0.6 is 11.6 Å². The molecular weight excluding hydrogens is 300 g/mol. The molecule has 0 aromatic heterocycles. The fourth-order valence-electron chi connectivity index (χ4n) is 1.84. The van der Waals surface area contributed by atoms with Crippen LogP contribution in [0.1, 0.15) is 45.0 Å². The summed E-state index contributed by atoms with van der Waals surface area (Å²) in [6, 6.07) is 6.09. The molecule has 5 heteroatoms. The van der Waals surface area contributed by atoms with E-state index in [0.29, 0.717) is 16.5 Å². The highest BCUT2D eigenvalue weighted by atomic mass is 35.5. The van der Waals surface area contributed by atoms with Gasteiger partial charge in [0.15, 0.2) is 0 Å². The van der Waals surface area contributed by atoms with Gasteiger partial charge in [-0.25, -0.2) is 0 Å². The van der Waals surface area contributed by atoms with Gasteiger partial charge < -0.3 is 10.6 Å². The molecule has 1 aromatic carbocycles. The van der Waals surface area contributed by atoms with Gasteiger partial charge in [0.2, 0.25) is 5.91 Å². The quantitative estimate of drug-likeness (QED) is 0.844. The molecule has 0 saturated heterocycles. The van der Waals surface area contributed by atoms with Crippen molar-refractivity contribution < 1.29 is 9.59 Å². The van der Waals surface area contributed by atoms with E-state index in [1.807, 2.05) is 34.6 Å². The predicted octanol–water partition coefficient (Wildman–Crippen LogP) is 3.26. The summed E-state index contributed by atoms with van der Waals surface area (Å²) in [5.74, 6) is -0.0967. The monoisotopic (exact) mass is 324 g/mol. The molecule has 0 spiro atoms. The van der Waals surface area contributed by atoms with E-state index in [9.17, 15) is 9.59 Å². The smallest absolute Gasteiger partial charge is 0.251 e. The van der Waals surface area contributed by atoms with Crippen LogP contribution in [0.3, 0.4) is 0 Å². The Morgan fingerprint density at radius 3 is 1.91 bits per heavy atom. The predicted molar refractivity (Wildman–Crippen MR) is 90.0 cm³/mol. The lowest BCUT2D eigenvalue weighted by Gasteiger charge is -2.25. The van der Waals surface area contributed by atoms with Crippen molar-refractivity contribution in [3.8, 4) is 0 Å². The molecule has 0 aliphatic carbocycles. The van der Waals surface area contributed by atoms with Crippen LogP contribution in [0.5, 0.6) is 0 Å². The highest BCUT2D eigenvalue weighted by Gasteiger charge is 2.26. The number of hydrogen-bond donors (Lipinski definition) is 2. The molecule has 2 unspecified atom stereocenters. The van der Waals surface area contributed by atoms with Crippen molar-refractivity contribution in [1.29, 1.82) is 0 Å². The van der Waals surface area contributed by atoms with Crippen molar-refractivity contribution >= 4 is 23.4 Å². The average Bonchev–Trinajstić information content (AvgIpc) is 2.44. The van der Waals surface area contributed by atoms with Crippen LogP contribution < -0.4 is 10.6 Å². The SMILES string of the molecule is CC(C)C(C)NC(=O)C(NC(=O)c1ccc(Cl)cc1)C(C)C. The normalized spacial score (nSPS) is 13.8. The summed E-state index contributed by atoms with van der Waals surface area (Å²) >= 11 is 5.81. The molecule has 2 N–H and O–H groups in total. The van der Waals surface area contributed by atoms with Gasteiger partial charge in [-0.3, -0.25) is 9.59 Å². The van der Waals surface area contributed by atoms with Crippen LogP contribution in [-0.4, -0.2) is 23.9 Å². The first-order valence-corrected chi connectivity index (χ1v) is 7.97. The second-order valence-corrected chi connectivity index (χ2v) is 6.68. The summed E-state index contributed by atoms with van der Waals surface area (Å²) < 4.78 is 0. The third-order valence-corrected chi connectivity index (χ3v) is 3.96. The molecule has 0 bridgehead atoms. The lowest BCUT2D eigenvalue weighted by Crippen LogP contribution is -2.52. The first kappa shape index (κ1) is 18.5. The van der Waals surface area contributed by atoms with Crippen molar-refractivity contribution in [3.63, 3.8) is 0 Å². The Morgan fingerprint density at radius 1 is 0.909 bits per heavy atom. The third kappa shape index (κ3) is 5.34. The molecule has 0 radical (unpaired) electrons. The highest BCUT2D eigenvalue weighted by molar-refractivity contribution is 6.30. The molecule has 1 aromatic rings. The molecule has 2 atom stereocenters. The lowest BCUT2D eigenvalue weighted by atomic mass is 10.0. The summed E-state index contributed by atoms with van der Waals surface area (Å²) in [5.41, 5.74) is 0.486. The molecule has 122 valence electrons. The maximum absolute atomic E-state index is 12.4. The Hall–Kier alpha value is -1.55. The Morgan fingerprint density at radius 2 is 1.45 bits per heavy atom. The maximum Gasteiger partial charge on any atom is 0.251 e. The zero-order valence-electron chi connectivity index (χ0n) is 13.8. The largest absolute Gasteiger partial charge is 0.352 e. The minimum absolute atomic E-state index is 0.00406. The zero-order valence-corrected chi connectivity index (χ0v) is 14.6. The van der Waals surface area contributed by atoms with E-state index < -0.39 is 6.04 Å². The van der Waals surface area contributed by atoms with Crippen LogP contribution in [0.15, 0.2) is 24.3 Å². The molecule has 0 aliphatic rings. The second kappa shape index (κ2) is 8.18. The molecule has 22 heavy (non-hydrogen) atoms. The summed E-state index contributed by atoms with van der Waals surface area (Å²) in [5, 5.41) is 6.32. The molecule has 0 heterocycles. The number of benzene rings is 1. The minimum atomic E-state index is -0.565. The standard InChI is InChI=1S/C17H25ClN2O2/c1-10(2)12(5)19-17(22)15(11(3)4)20-16(21)13-6-8-14(18)9-7-13/h6-12,15H,1-5H3,(H,19,22)(H,20,21). The molecule has 0 saturated carbocycles. The summed E-state index contributed by atoms with van der Waals surface area (Å²) in [4.78, 5) is 24.6. The highest BCUT2D eigenvalue weighted by Crippen LogP contribution is 2.11. The number of nitrogens with one attached hydrogen (secondary N) is 2. The second-order valence-electron chi connectivity index (χ2n) is 6.24. The van der Waals surface area contributed by atoms with Crippen LogP contribution in [-0.2, 0) is 4.79 Å². The van der Waals surface area contributed by atoms with Gasteiger partial charge in [0.05, 0.1) is 0 Å². The molecule has 1 rings (SSSR count). The van der Waals surface area contributed by atoms with E-state index in [1.54, 1.807) is 24.3 Å². The summed E-state index contributed by atoms with van der Waals surface area (Å²) in [6.45, 7) is 9.86. The summed E-state index contributed by atoms with van der Waals surface area (Å²) in [7, 11) is 0. The van der Waals surface area contributed by atoms with Crippen LogP contribution in [0.25, 0.3) is 0 Å². The molecule has 0 aliphatic heterocycles. The fraction of sp³-hybridized carbons (Fsp3) is 0.529. The van der Waals surface area contributed by atoms with E-state index in [2.05, 4.69) is 10.6 Å². The molecule has 0 fully saturated rings. The van der Waals surface area contributed by atoms with E-state index in [4.69, 9.17) is 11.6 Å². The van der Waals surface area contributed by atoms with Gasteiger partial charge in [0, 0.05) is 16.6 Å². The number of rotatable bonds is 6. The number of halogens is 1. The number of amides is 2. The number of hydrogen-bond acceptors (Lipinski definition) is 2. The van der Waals surface area contributed by atoms with Gasteiger partial charge in [-0.1, -0.05) is 39.3 Å².